The molecule has 0 N–H and O–H groups in total. The van der Waals surface area contributed by atoms with Crippen LogP contribution in [0.5, 0.6) is 0 Å². The summed E-state index contributed by atoms with van der Waals surface area (Å²) in [5.74, 6) is -0.0690. The van der Waals surface area contributed by atoms with E-state index < -0.39 is 5.97 Å². The van der Waals surface area contributed by atoms with Gasteiger partial charge in [0, 0.05) is 0 Å². The summed E-state index contributed by atoms with van der Waals surface area (Å²) in [5.41, 5.74) is 0. The number of unbranched alkanes of at least 4 members (excludes halogenated alkanes) is 9. The van der Waals surface area contributed by atoms with Crippen LogP contribution in [0.15, 0.2) is 11.8 Å². The van der Waals surface area contributed by atoms with Crippen molar-refractivity contribution < 1.29 is 14.3 Å². The number of rotatable bonds is 12. The van der Waals surface area contributed by atoms with Gasteiger partial charge in [-0.15, -0.1) is 0 Å². The maximum Gasteiger partial charge on any atom is 0.372 e. The van der Waals surface area contributed by atoms with E-state index in [1.807, 2.05) is 6.08 Å². The summed E-state index contributed by atoms with van der Waals surface area (Å²) < 4.78 is 9.59. The second-order valence-corrected chi connectivity index (χ2v) is 4.88. The van der Waals surface area contributed by atoms with E-state index in [0.29, 0.717) is 5.76 Å². The topological polar surface area (TPSA) is 35.5 Å². The largest absolute Gasteiger partial charge is 0.490 e. The Morgan fingerprint density at radius 3 is 1.84 bits per heavy atom. The average molecular weight is 270 g/mol. The summed E-state index contributed by atoms with van der Waals surface area (Å²) in [6.45, 7) is 2.25. The molecule has 0 saturated carbocycles. The first kappa shape index (κ1) is 18.0. The predicted octanol–water partition coefficient (Wildman–Crippen LogP) is 4.61. The fourth-order valence-corrected chi connectivity index (χ4v) is 2.04. The zero-order valence-electron chi connectivity index (χ0n) is 12.9. The van der Waals surface area contributed by atoms with Crippen LogP contribution in [0.4, 0.5) is 0 Å². The maximum atomic E-state index is 11.2. The molecule has 3 nitrogen and oxygen atoms in total. The molecule has 0 rings (SSSR count). The standard InChI is InChI=1S/C16H30O3/c1-4-5-6-7-8-9-10-11-12-13-14-15(18-2)16(17)19-3/h14H,4-13H2,1-3H3/b15-14+. The SMILES string of the molecule is CCCCCCCCCCC/C=C(/OC)C(=O)OC. The van der Waals surface area contributed by atoms with Gasteiger partial charge in [0.1, 0.15) is 0 Å². The van der Waals surface area contributed by atoms with Gasteiger partial charge in [-0.3, -0.25) is 0 Å². The van der Waals surface area contributed by atoms with E-state index in [4.69, 9.17) is 4.74 Å². The molecule has 112 valence electrons. The van der Waals surface area contributed by atoms with Crippen molar-refractivity contribution in [1.29, 1.82) is 0 Å². The molecule has 0 unspecified atom stereocenters. The molecule has 3 heteroatoms. The molecule has 0 amide bonds. The van der Waals surface area contributed by atoms with E-state index >= 15 is 0 Å². The van der Waals surface area contributed by atoms with Crippen LogP contribution >= 0.6 is 0 Å². The zero-order valence-corrected chi connectivity index (χ0v) is 12.9. The third kappa shape index (κ3) is 10.6. The van der Waals surface area contributed by atoms with Gasteiger partial charge in [0.25, 0.3) is 0 Å². The molecule has 0 heterocycles. The summed E-state index contributed by atoms with van der Waals surface area (Å²) in [6.07, 6.45) is 14.5. The van der Waals surface area contributed by atoms with E-state index in [-0.39, 0.29) is 0 Å². The van der Waals surface area contributed by atoms with Crippen molar-refractivity contribution >= 4 is 5.97 Å². The second-order valence-electron chi connectivity index (χ2n) is 4.88. The molecule has 0 aromatic carbocycles. The average Bonchev–Trinajstić information content (AvgIpc) is 2.44. The van der Waals surface area contributed by atoms with Crippen LogP contribution in [0.3, 0.4) is 0 Å². The van der Waals surface area contributed by atoms with Crippen LogP contribution in [0.2, 0.25) is 0 Å². The van der Waals surface area contributed by atoms with E-state index in [1.165, 1.54) is 65.6 Å². The van der Waals surface area contributed by atoms with Crippen molar-refractivity contribution in [3.63, 3.8) is 0 Å². The van der Waals surface area contributed by atoms with Gasteiger partial charge in [-0.25, -0.2) is 4.79 Å². The van der Waals surface area contributed by atoms with Gasteiger partial charge in [-0.1, -0.05) is 58.3 Å². The lowest BCUT2D eigenvalue weighted by Crippen LogP contribution is -2.06. The number of allylic oxidation sites excluding steroid dienone is 1. The van der Waals surface area contributed by atoms with Crippen LogP contribution in [-0.2, 0) is 14.3 Å². The van der Waals surface area contributed by atoms with Gasteiger partial charge in [0.2, 0.25) is 0 Å². The highest BCUT2D eigenvalue weighted by molar-refractivity contribution is 5.85. The van der Waals surface area contributed by atoms with Gasteiger partial charge in [0.15, 0.2) is 5.76 Å². The Hall–Kier alpha value is -0.990. The van der Waals surface area contributed by atoms with E-state index in [1.54, 1.807) is 0 Å². The minimum Gasteiger partial charge on any atom is -0.490 e. The third-order valence-corrected chi connectivity index (χ3v) is 3.24. The molecular formula is C16H30O3. The first-order chi connectivity index (χ1) is 9.26. The minimum atomic E-state index is -0.390. The highest BCUT2D eigenvalue weighted by atomic mass is 16.6. The van der Waals surface area contributed by atoms with E-state index in [2.05, 4.69) is 11.7 Å². The molecule has 0 radical (unpaired) electrons. The highest BCUT2D eigenvalue weighted by Crippen LogP contribution is 2.11. The first-order valence-electron chi connectivity index (χ1n) is 7.58. The number of ether oxygens (including phenoxy) is 2. The number of carbonyl (C=O) groups excluding carboxylic acids is 1. The van der Waals surface area contributed by atoms with Gasteiger partial charge >= 0.3 is 5.97 Å². The first-order valence-corrected chi connectivity index (χ1v) is 7.58. The summed E-state index contributed by atoms with van der Waals surface area (Å²) in [6, 6.07) is 0. The van der Waals surface area contributed by atoms with Crippen LogP contribution in [0.25, 0.3) is 0 Å². The Morgan fingerprint density at radius 1 is 0.842 bits per heavy atom. The lowest BCUT2D eigenvalue weighted by atomic mass is 10.1. The van der Waals surface area contributed by atoms with Crippen LogP contribution < -0.4 is 0 Å². The number of methoxy groups -OCH3 is 2. The number of hydrogen-bond acceptors (Lipinski definition) is 3. The molecule has 0 aliphatic carbocycles. The zero-order chi connectivity index (χ0) is 14.3. The van der Waals surface area contributed by atoms with Crippen molar-refractivity contribution in [3.05, 3.63) is 11.8 Å². The molecular weight excluding hydrogens is 240 g/mol. The van der Waals surface area contributed by atoms with Gasteiger partial charge in [-0.2, -0.15) is 0 Å². The van der Waals surface area contributed by atoms with Crippen molar-refractivity contribution in [2.75, 3.05) is 14.2 Å². The Morgan fingerprint density at radius 2 is 1.37 bits per heavy atom. The van der Waals surface area contributed by atoms with Gasteiger partial charge < -0.3 is 9.47 Å². The van der Waals surface area contributed by atoms with Crippen molar-refractivity contribution in [2.24, 2.45) is 0 Å². The molecule has 0 aromatic rings. The lowest BCUT2D eigenvalue weighted by molar-refractivity contribution is -0.139. The van der Waals surface area contributed by atoms with Crippen molar-refractivity contribution in [3.8, 4) is 0 Å². The fourth-order valence-electron chi connectivity index (χ4n) is 2.04. The van der Waals surface area contributed by atoms with Crippen LogP contribution in [-0.4, -0.2) is 20.2 Å². The summed E-state index contributed by atoms with van der Waals surface area (Å²) >= 11 is 0. The molecule has 0 saturated heterocycles. The molecule has 0 atom stereocenters. The maximum absolute atomic E-state index is 11.2. The summed E-state index contributed by atoms with van der Waals surface area (Å²) in [4.78, 5) is 11.2. The van der Waals surface area contributed by atoms with Crippen molar-refractivity contribution in [1.82, 2.24) is 0 Å². The van der Waals surface area contributed by atoms with Gasteiger partial charge in [-0.05, 0) is 18.9 Å². The fraction of sp³-hybridized carbons (Fsp3) is 0.812. The molecule has 0 aromatic heterocycles. The van der Waals surface area contributed by atoms with E-state index in [0.717, 1.165) is 12.8 Å². The van der Waals surface area contributed by atoms with E-state index in [9.17, 15) is 4.79 Å². The quantitative estimate of drug-likeness (QED) is 0.225. The molecule has 0 aliphatic rings. The number of carbonyl (C=O) groups is 1. The third-order valence-electron chi connectivity index (χ3n) is 3.24. The van der Waals surface area contributed by atoms with Crippen molar-refractivity contribution in [2.45, 2.75) is 71.1 Å². The molecule has 0 spiro atoms. The van der Waals surface area contributed by atoms with Crippen LogP contribution in [0, 0.1) is 0 Å². The lowest BCUT2D eigenvalue weighted by Gasteiger charge is -2.03. The molecule has 0 aliphatic heterocycles. The minimum absolute atomic E-state index is 0.321. The number of esters is 1. The molecule has 0 bridgehead atoms. The highest BCUT2D eigenvalue weighted by Gasteiger charge is 2.07. The van der Waals surface area contributed by atoms with Gasteiger partial charge in [0.05, 0.1) is 14.2 Å². The Labute approximate surface area is 118 Å². The smallest absolute Gasteiger partial charge is 0.372 e. The normalized spacial score (nSPS) is 11.4. The second kappa shape index (κ2) is 13.4. The summed E-state index contributed by atoms with van der Waals surface area (Å²) in [5, 5.41) is 0. The molecule has 0 fully saturated rings. The monoisotopic (exact) mass is 270 g/mol. The Kier molecular flexibility index (Phi) is 12.7. The Bertz CT molecular complexity index is 246. The molecule has 19 heavy (non-hydrogen) atoms. The van der Waals surface area contributed by atoms with Crippen LogP contribution in [0.1, 0.15) is 71.1 Å². The summed E-state index contributed by atoms with van der Waals surface area (Å²) in [7, 11) is 2.87. The number of hydrogen-bond donors (Lipinski definition) is 0. The predicted molar refractivity (Wildman–Crippen MR) is 79.0 cm³/mol. The Balaban J connectivity index is 3.43.